The van der Waals surface area contributed by atoms with E-state index in [0.717, 1.165) is 16.5 Å². The first-order chi connectivity index (χ1) is 9.79. The van der Waals surface area contributed by atoms with Gasteiger partial charge in [0.2, 0.25) is 0 Å². The van der Waals surface area contributed by atoms with Gasteiger partial charge in [-0.1, -0.05) is 18.2 Å². The fourth-order valence-electron chi connectivity index (χ4n) is 2.04. The lowest BCUT2D eigenvalue weighted by Crippen LogP contribution is -1.99. The molecule has 0 atom stereocenters. The molecule has 0 aliphatic heterocycles. The minimum atomic E-state index is 0.329. The number of nitrogens with two attached hydrogens (primary N) is 1. The van der Waals surface area contributed by atoms with Crippen LogP contribution in [0.15, 0.2) is 59.3 Å². The number of hydrogen-bond donors (Lipinski definition) is 1. The molecule has 0 unspecified atom stereocenters. The maximum absolute atomic E-state index is 9.34. The third-order valence-electron chi connectivity index (χ3n) is 3.04. The summed E-state index contributed by atoms with van der Waals surface area (Å²) in [6.45, 7) is 0. The van der Waals surface area contributed by atoms with E-state index in [-0.39, 0.29) is 0 Å². The van der Waals surface area contributed by atoms with Gasteiger partial charge in [0.05, 0.1) is 11.3 Å². The lowest BCUT2D eigenvalue weighted by molar-refractivity contribution is 0.599. The summed E-state index contributed by atoms with van der Waals surface area (Å²) in [5, 5.41) is 10.3. The monoisotopic (exact) mass is 261 g/mol. The van der Waals surface area contributed by atoms with Gasteiger partial charge in [0, 0.05) is 17.8 Å². The van der Waals surface area contributed by atoms with Crippen LogP contribution >= 0.6 is 0 Å². The van der Waals surface area contributed by atoms with Crippen LogP contribution in [0, 0.1) is 11.3 Å². The van der Waals surface area contributed by atoms with E-state index in [1.54, 1.807) is 24.5 Å². The highest BCUT2D eigenvalue weighted by molar-refractivity contribution is 5.96. The molecule has 0 amide bonds. The quantitative estimate of drug-likeness (QED) is 0.719. The average Bonchev–Trinajstić information content (AvgIpc) is 2.93. The number of rotatable bonds is 2. The molecule has 0 spiro atoms. The molecule has 4 nitrogen and oxygen atoms in total. The van der Waals surface area contributed by atoms with Gasteiger partial charge in [-0.25, -0.2) is 0 Å². The molecule has 0 saturated heterocycles. The van der Waals surface area contributed by atoms with E-state index in [0.29, 0.717) is 17.0 Å². The highest BCUT2D eigenvalue weighted by Gasteiger charge is 2.12. The second kappa shape index (κ2) is 4.90. The molecule has 3 rings (SSSR count). The molecule has 0 radical (unpaired) electrons. The predicted molar refractivity (Wildman–Crippen MR) is 77.1 cm³/mol. The molecule has 2 aromatic heterocycles. The van der Waals surface area contributed by atoms with Crippen LogP contribution in [0.3, 0.4) is 0 Å². The van der Waals surface area contributed by atoms with Crippen molar-refractivity contribution in [2.45, 2.75) is 0 Å². The number of fused-ring (bicyclic) bond motifs is 1. The Morgan fingerprint density at radius 3 is 2.60 bits per heavy atom. The van der Waals surface area contributed by atoms with Crippen molar-refractivity contribution in [2.24, 2.45) is 5.73 Å². The highest BCUT2D eigenvalue weighted by Crippen LogP contribution is 2.27. The SMILES string of the molecule is N#C/C(=C(/N)c1cc2ccccc2o1)c1ccncc1. The van der Waals surface area contributed by atoms with Gasteiger partial charge in [-0.3, -0.25) is 4.98 Å². The van der Waals surface area contributed by atoms with Gasteiger partial charge in [0.15, 0.2) is 5.76 Å². The number of furan rings is 1. The molecule has 4 heteroatoms. The van der Waals surface area contributed by atoms with Crippen molar-refractivity contribution in [3.8, 4) is 6.07 Å². The zero-order chi connectivity index (χ0) is 13.9. The number of nitriles is 1. The lowest BCUT2D eigenvalue weighted by Gasteiger charge is -2.02. The molecule has 96 valence electrons. The summed E-state index contributed by atoms with van der Waals surface area (Å²) in [5.41, 5.74) is 8.27. The number of nitrogens with zero attached hydrogens (tertiary/aromatic N) is 2. The predicted octanol–water partition coefficient (Wildman–Crippen LogP) is 3.18. The van der Waals surface area contributed by atoms with Gasteiger partial charge in [-0.05, 0) is 29.8 Å². The first kappa shape index (κ1) is 12.0. The number of para-hydroxylation sites is 1. The third kappa shape index (κ3) is 2.02. The molecule has 0 saturated carbocycles. The fourth-order valence-corrected chi connectivity index (χ4v) is 2.04. The van der Waals surface area contributed by atoms with Crippen molar-refractivity contribution in [3.05, 3.63) is 66.2 Å². The highest BCUT2D eigenvalue weighted by atomic mass is 16.3. The largest absolute Gasteiger partial charge is 0.454 e. The molecule has 20 heavy (non-hydrogen) atoms. The summed E-state index contributed by atoms with van der Waals surface area (Å²) < 4.78 is 5.68. The molecular formula is C16H11N3O. The van der Waals surface area contributed by atoms with E-state index in [2.05, 4.69) is 11.1 Å². The Morgan fingerprint density at radius 2 is 1.90 bits per heavy atom. The maximum Gasteiger partial charge on any atom is 0.152 e. The molecule has 0 aliphatic carbocycles. The standard InChI is InChI=1S/C16H11N3O/c17-10-13(11-5-7-19-8-6-11)16(18)15-9-12-3-1-2-4-14(12)20-15/h1-9H,18H2/b16-13-. The lowest BCUT2D eigenvalue weighted by atomic mass is 10.1. The first-order valence-corrected chi connectivity index (χ1v) is 6.09. The summed E-state index contributed by atoms with van der Waals surface area (Å²) in [6.07, 6.45) is 3.25. The van der Waals surface area contributed by atoms with Crippen LogP contribution < -0.4 is 5.73 Å². The number of benzene rings is 1. The third-order valence-corrected chi connectivity index (χ3v) is 3.04. The Labute approximate surface area is 115 Å². The van der Waals surface area contributed by atoms with E-state index < -0.39 is 0 Å². The van der Waals surface area contributed by atoms with E-state index in [4.69, 9.17) is 10.2 Å². The Morgan fingerprint density at radius 1 is 1.15 bits per heavy atom. The van der Waals surface area contributed by atoms with Gasteiger partial charge < -0.3 is 10.2 Å². The van der Waals surface area contributed by atoms with E-state index in [1.807, 2.05) is 30.3 Å². The molecular weight excluding hydrogens is 250 g/mol. The van der Waals surface area contributed by atoms with Crippen LogP contribution in [0.5, 0.6) is 0 Å². The zero-order valence-electron chi connectivity index (χ0n) is 10.6. The van der Waals surface area contributed by atoms with Crippen LogP contribution in [0.25, 0.3) is 22.2 Å². The minimum absolute atomic E-state index is 0.329. The molecule has 2 N–H and O–H groups in total. The Bertz CT molecular complexity index is 793. The van der Waals surface area contributed by atoms with Crippen LogP contribution in [-0.2, 0) is 0 Å². The first-order valence-electron chi connectivity index (χ1n) is 6.09. The Balaban J connectivity index is 2.16. The second-order valence-corrected chi connectivity index (χ2v) is 4.28. The minimum Gasteiger partial charge on any atom is -0.454 e. The van der Waals surface area contributed by atoms with Crippen molar-refractivity contribution >= 4 is 22.2 Å². The topological polar surface area (TPSA) is 75.8 Å². The van der Waals surface area contributed by atoms with Gasteiger partial charge in [0.25, 0.3) is 0 Å². The summed E-state index contributed by atoms with van der Waals surface area (Å²) in [5.74, 6) is 0.500. The van der Waals surface area contributed by atoms with Crippen LogP contribution in [-0.4, -0.2) is 4.98 Å². The zero-order valence-corrected chi connectivity index (χ0v) is 10.6. The van der Waals surface area contributed by atoms with Gasteiger partial charge >= 0.3 is 0 Å². The fraction of sp³-hybridized carbons (Fsp3) is 0. The molecule has 0 bridgehead atoms. The van der Waals surface area contributed by atoms with Crippen molar-refractivity contribution in [1.82, 2.24) is 4.98 Å². The normalized spacial score (nSPS) is 11.9. The van der Waals surface area contributed by atoms with Crippen LogP contribution in [0.1, 0.15) is 11.3 Å². The van der Waals surface area contributed by atoms with Crippen molar-refractivity contribution in [3.63, 3.8) is 0 Å². The molecule has 2 heterocycles. The van der Waals surface area contributed by atoms with Gasteiger partial charge in [0.1, 0.15) is 11.7 Å². The van der Waals surface area contributed by atoms with Crippen LogP contribution in [0.4, 0.5) is 0 Å². The van der Waals surface area contributed by atoms with Crippen molar-refractivity contribution < 1.29 is 4.42 Å². The smallest absolute Gasteiger partial charge is 0.152 e. The number of pyridine rings is 1. The van der Waals surface area contributed by atoms with Gasteiger partial charge in [-0.15, -0.1) is 0 Å². The van der Waals surface area contributed by atoms with E-state index >= 15 is 0 Å². The summed E-state index contributed by atoms with van der Waals surface area (Å²) >= 11 is 0. The van der Waals surface area contributed by atoms with Crippen molar-refractivity contribution in [2.75, 3.05) is 0 Å². The molecule has 0 aliphatic rings. The van der Waals surface area contributed by atoms with Crippen LogP contribution in [0.2, 0.25) is 0 Å². The van der Waals surface area contributed by atoms with Crippen molar-refractivity contribution in [1.29, 1.82) is 5.26 Å². The summed E-state index contributed by atoms with van der Waals surface area (Å²) in [7, 11) is 0. The summed E-state index contributed by atoms with van der Waals surface area (Å²) in [6, 6.07) is 15.1. The number of hydrogen-bond acceptors (Lipinski definition) is 4. The second-order valence-electron chi connectivity index (χ2n) is 4.28. The Kier molecular flexibility index (Phi) is 2.94. The molecule has 0 fully saturated rings. The molecule has 3 aromatic rings. The van der Waals surface area contributed by atoms with Gasteiger partial charge in [-0.2, -0.15) is 5.26 Å². The maximum atomic E-state index is 9.34. The average molecular weight is 261 g/mol. The number of aromatic nitrogens is 1. The van der Waals surface area contributed by atoms with E-state index in [1.165, 1.54) is 0 Å². The summed E-state index contributed by atoms with van der Waals surface area (Å²) in [4.78, 5) is 3.93. The van der Waals surface area contributed by atoms with E-state index in [9.17, 15) is 5.26 Å². The Hall–Kier alpha value is -3.06. The molecule has 1 aromatic carbocycles. The number of allylic oxidation sites excluding steroid dienone is 1.